The van der Waals surface area contributed by atoms with Crippen LogP contribution in [0.25, 0.3) is 0 Å². The molecule has 3 aliphatic rings. The topological polar surface area (TPSA) is 57.5 Å². The number of aliphatic hydroxyl groups excluding tert-OH is 1. The molecule has 0 aromatic carbocycles. The first-order chi connectivity index (χ1) is 15.5. The Hall–Kier alpha value is -1.61. The van der Waals surface area contributed by atoms with E-state index >= 15 is 0 Å². The molecule has 3 saturated carbocycles. The summed E-state index contributed by atoms with van der Waals surface area (Å²) in [6.07, 6.45) is 18.8. The predicted octanol–water partition coefficient (Wildman–Crippen LogP) is 7.73. The molecular weight excluding hydrogens is 408 g/mol. The van der Waals surface area contributed by atoms with Gasteiger partial charge >= 0.3 is 0 Å². The van der Waals surface area contributed by atoms with Crippen molar-refractivity contribution >= 4 is 5.97 Å². The molecule has 0 radical (unpaired) electrons. The second kappa shape index (κ2) is 12.2. The third kappa shape index (κ3) is 7.44. The van der Waals surface area contributed by atoms with Gasteiger partial charge in [-0.15, -0.1) is 0 Å². The van der Waals surface area contributed by atoms with Crippen LogP contribution in [0.4, 0.5) is 0 Å². The minimum absolute atomic E-state index is 0.182. The zero-order valence-corrected chi connectivity index (χ0v) is 21.9. The van der Waals surface area contributed by atoms with E-state index in [2.05, 4.69) is 65.5 Å². The molecule has 0 amide bonds. The molecule has 0 heterocycles. The number of aliphatic carboxylic acids is 1. The molecule has 33 heavy (non-hydrogen) atoms. The number of hydrogen-bond acceptors (Lipinski definition) is 2. The summed E-state index contributed by atoms with van der Waals surface area (Å²) in [6, 6.07) is 0. The van der Waals surface area contributed by atoms with Crippen LogP contribution in [0, 0.1) is 35.0 Å². The van der Waals surface area contributed by atoms with E-state index < -0.39 is 5.97 Å². The molecule has 3 rings (SSSR count). The average molecular weight is 457 g/mol. The molecule has 0 bridgehead atoms. The average Bonchev–Trinajstić information content (AvgIpc) is 3.09. The molecular formula is C30H48O3. The highest BCUT2D eigenvalue weighted by Gasteiger charge is 2.50. The summed E-state index contributed by atoms with van der Waals surface area (Å²) in [5.41, 5.74) is 4.61. The van der Waals surface area contributed by atoms with Crippen LogP contribution in [0.15, 0.2) is 47.6 Å². The van der Waals surface area contributed by atoms with E-state index in [9.17, 15) is 5.11 Å². The maximum atomic E-state index is 10.0. The van der Waals surface area contributed by atoms with E-state index in [1.54, 1.807) is 5.57 Å². The van der Waals surface area contributed by atoms with Crippen molar-refractivity contribution in [1.82, 2.24) is 0 Å². The summed E-state index contributed by atoms with van der Waals surface area (Å²) in [5, 5.41) is 17.5. The van der Waals surface area contributed by atoms with Gasteiger partial charge in [-0.25, -0.2) is 0 Å². The Labute approximate surface area is 202 Å². The number of fused-ring (bicyclic) bond motifs is 1. The second-order valence-corrected chi connectivity index (χ2v) is 11.4. The predicted molar refractivity (Wildman–Crippen MR) is 139 cm³/mol. The van der Waals surface area contributed by atoms with Crippen molar-refractivity contribution in [2.75, 3.05) is 0 Å². The maximum Gasteiger partial charge on any atom is 0.300 e. The molecule has 0 unspecified atom stereocenters. The first-order valence-electron chi connectivity index (χ1n) is 13.1. The smallest absolute Gasteiger partial charge is 0.300 e. The molecule has 3 aliphatic carbocycles. The Kier molecular flexibility index (Phi) is 10.2. The largest absolute Gasteiger partial charge is 0.481 e. The lowest BCUT2D eigenvalue weighted by Gasteiger charge is -2.44. The standard InChI is InChI=1S/C28H44O.C2H4O2/c1-19(2)20(3)9-10-22(5)26-15-16-27-23(8-7-17-28(26,27)6)12-13-24-18-25(29)14-11-21(24)4;1-2(3)4/h9-10,12-13,19-20,22,25-27,29H,4,7-8,11,14-18H2,1-3,5-6H3;1H3,(H,3,4)/t20-,22+,25-,26+,27-,28+;/m0./s1. The van der Waals surface area contributed by atoms with Crippen molar-refractivity contribution in [2.45, 2.75) is 99.0 Å². The van der Waals surface area contributed by atoms with Crippen LogP contribution in [-0.4, -0.2) is 22.3 Å². The molecule has 3 fully saturated rings. The van der Waals surface area contributed by atoms with Crippen LogP contribution >= 0.6 is 0 Å². The lowest BCUT2D eigenvalue weighted by Crippen LogP contribution is -2.35. The van der Waals surface area contributed by atoms with Gasteiger partial charge in [0, 0.05) is 6.92 Å². The highest BCUT2D eigenvalue weighted by molar-refractivity contribution is 5.62. The Morgan fingerprint density at radius 1 is 1.09 bits per heavy atom. The molecule has 0 spiro atoms. The highest BCUT2D eigenvalue weighted by atomic mass is 16.4. The van der Waals surface area contributed by atoms with Gasteiger partial charge in [0.15, 0.2) is 0 Å². The summed E-state index contributed by atoms with van der Waals surface area (Å²) in [5.74, 6) is 2.74. The third-order valence-electron chi connectivity index (χ3n) is 8.63. The zero-order valence-electron chi connectivity index (χ0n) is 21.9. The number of hydrogen-bond donors (Lipinski definition) is 2. The lowest BCUT2D eigenvalue weighted by molar-refractivity contribution is -0.134. The van der Waals surface area contributed by atoms with Crippen LogP contribution in [-0.2, 0) is 4.79 Å². The van der Waals surface area contributed by atoms with E-state index in [4.69, 9.17) is 9.90 Å². The van der Waals surface area contributed by atoms with E-state index in [1.165, 1.54) is 43.3 Å². The monoisotopic (exact) mass is 456 g/mol. The van der Waals surface area contributed by atoms with E-state index in [0.717, 1.165) is 43.9 Å². The number of rotatable bonds is 5. The van der Waals surface area contributed by atoms with Crippen molar-refractivity contribution in [3.63, 3.8) is 0 Å². The van der Waals surface area contributed by atoms with E-state index in [1.807, 2.05) is 0 Å². The molecule has 3 nitrogen and oxygen atoms in total. The summed E-state index contributed by atoms with van der Waals surface area (Å²) in [6.45, 7) is 17.3. The molecule has 3 heteroatoms. The van der Waals surface area contributed by atoms with Gasteiger partial charge in [0.05, 0.1) is 6.10 Å². The molecule has 0 aromatic rings. The Bertz CT molecular complexity index is 767. The second-order valence-electron chi connectivity index (χ2n) is 11.4. The quantitative estimate of drug-likeness (QED) is 0.416. The van der Waals surface area contributed by atoms with Gasteiger partial charge in [-0.05, 0) is 91.9 Å². The van der Waals surface area contributed by atoms with Crippen molar-refractivity contribution in [2.24, 2.45) is 35.0 Å². The number of carbonyl (C=O) groups is 1. The van der Waals surface area contributed by atoms with E-state index in [0.29, 0.717) is 17.3 Å². The Morgan fingerprint density at radius 2 is 1.76 bits per heavy atom. The van der Waals surface area contributed by atoms with Gasteiger partial charge in [0.25, 0.3) is 5.97 Å². The van der Waals surface area contributed by atoms with Crippen LogP contribution in [0.2, 0.25) is 0 Å². The fourth-order valence-electron chi connectivity index (χ4n) is 6.25. The number of allylic oxidation sites excluding steroid dienone is 6. The van der Waals surface area contributed by atoms with Crippen LogP contribution in [0.1, 0.15) is 92.9 Å². The minimum atomic E-state index is -0.833. The molecule has 2 N–H and O–H groups in total. The van der Waals surface area contributed by atoms with Crippen LogP contribution in [0.5, 0.6) is 0 Å². The molecule has 0 aliphatic heterocycles. The van der Waals surface area contributed by atoms with Crippen molar-refractivity contribution in [1.29, 1.82) is 0 Å². The first kappa shape index (κ1) is 27.6. The summed E-state index contributed by atoms with van der Waals surface area (Å²) < 4.78 is 0. The first-order valence-corrected chi connectivity index (χ1v) is 13.1. The van der Waals surface area contributed by atoms with Crippen molar-refractivity contribution in [3.8, 4) is 0 Å². The highest BCUT2D eigenvalue weighted by Crippen LogP contribution is 2.59. The fraction of sp³-hybridized carbons (Fsp3) is 0.700. The van der Waals surface area contributed by atoms with Gasteiger partial charge in [0.2, 0.25) is 0 Å². The van der Waals surface area contributed by atoms with E-state index in [-0.39, 0.29) is 6.10 Å². The maximum absolute atomic E-state index is 10.0. The normalized spacial score (nSPS) is 34.3. The molecule has 0 aromatic heterocycles. The summed E-state index contributed by atoms with van der Waals surface area (Å²) in [7, 11) is 0. The molecule has 6 atom stereocenters. The summed E-state index contributed by atoms with van der Waals surface area (Å²) >= 11 is 0. The van der Waals surface area contributed by atoms with Gasteiger partial charge in [-0.3, -0.25) is 4.79 Å². The van der Waals surface area contributed by atoms with Gasteiger partial charge in [-0.1, -0.05) is 76.6 Å². The third-order valence-corrected chi connectivity index (χ3v) is 8.63. The van der Waals surface area contributed by atoms with Crippen LogP contribution in [0.3, 0.4) is 0 Å². The zero-order chi connectivity index (χ0) is 24.8. The van der Waals surface area contributed by atoms with Gasteiger partial charge < -0.3 is 10.2 Å². The fourth-order valence-corrected chi connectivity index (χ4v) is 6.25. The number of carboxylic acid groups (broad SMARTS) is 1. The van der Waals surface area contributed by atoms with Crippen molar-refractivity contribution < 1.29 is 15.0 Å². The Morgan fingerprint density at radius 3 is 2.39 bits per heavy atom. The number of carboxylic acids is 1. The lowest BCUT2D eigenvalue weighted by atomic mass is 9.61. The summed E-state index contributed by atoms with van der Waals surface area (Å²) in [4.78, 5) is 9.00. The van der Waals surface area contributed by atoms with Crippen molar-refractivity contribution in [3.05, 3.63) is 47.6 Å². The Balaban J connectivity index is 0.000000890. The minimum Gasteiger partial charge on any atom is -0.481 e. The van der Waals surface area contributed by atoms with Gasteiger partial charge in [0.1, 0.15) is 0 Å². The molecule has 186 valence electrons. The SMILES string of the molecule is C=C1CC[C@H](O)CC1=CC=C1CCC[C@]2(C)[C@@H]([C@H](C)C=C[C@H](C)C(C)C)CC[C@@H]12.CC(=O)O. The number of aliphatic hydroxyl groups is 1. The molecule has 0 saturated heterocycles. The van der Waals surface area contributed by atoms with Gasteiger partial charge in [-0.2, -0.15) is 0 Å². The van der Waals surface area contributed by atoms with Crippen LogP contribution < -0.4 is 0 Å².